The number of aromatic hydroxyl groups is 2. The van der Waals surface area contributed by atoms with Gasteiger partial charge in [-0.25, -0.2) is 4.79 Å². The Morgan fingerprint density at radius 1 is 1.14 bits per heavy atom. The zero-order valence-corrected chi connectivity index (χ0v) is 15.9. The largest absolute Gasteiger partial charge is 0.507 e. The number of ether oxygens (including phenoxy) is 1. The summed E-state index contributed by atoms with van der Waals surface area (Å²) >= 11 is 0. The average Bonchev–Trinajstić information content (AvgIpc) is 2.70. The van der Waals surface area contributed by atoms with Crippen molar-refractivity contribution < 1.29 is 29.3 Å². The quantitative estimate of drug-likeness (QED) is 0.455. The molecule has 3 rings (SSSR count). The number of aromatic nitrogens is 1. The van der Waals surface area contributed by atoms with E-state index in [4.69, 9.17) is 4.74 Å². The van der Waals surface area contributed by atoms with E-state index >= 15 is 0 Å². The molecule has 0 saturated carbocycles. The number of benzene rings is 1. The van der Waals surface area contributed by atoms with E-state index in [1.54, 1.807) is 12.1 Å². The van der Waals surface area contributed by atoms with E-state index in [-0.39, 0.29) is 28.7 Å². The van der Waals surface area contributed by atoms with Gasteiger partial charge in [0.25, 0.3) is 0 Å². The number of nitrogens with zero attached hydrogens (tertiary/aromatic N) is 1. The summed E-state index contributed by atoms with van der Waals surface area (Å²) in [7, 11) is 0. The Kier molecular flexibility index (Phi) is 5.59. The first-order valence-electron chi connectivity index (χ1n) is 8.89. The first kappa shape index (κ1) is 20.0. The number of Topliss-reactive ketones (excluding diaryl/α,β-unsaturated/α-hetero) is 1. The summed E-state index contributed by atoms with van der Waals surface area (Å²) in [5.74, 6) is -2.86. The van der Waals surface area contributed by atoms with Gasteiger partial charge in [0.15, 0.2) is 11.6 Å². The molecule has 29 heavy (non-hydrogen) atoms. The van der Waals surface area contributed by atoms with Gasteiger partial charge in [-0.2, -0.15) is 0 Å². The van der Waals surface area contributed by atoms with Crippen molar-refractivity contribution in [1.29, 1.82) is 0 Å². The molecule has 1 aromatic carbocycles. The van der Waals surface area contributed by atoms with Crippen LogP contribution in [0, 0.1) is 0 Å². The third-order valence-electron chi connectivity index (χ3n) is 4.42. The van der Waals surface area contributed by atoms with E-state index in [0.29, 0.717) is 0 Å². The number of ketones is 2. The second-order valence-electron chi connectivity index (χ2n) is 6.80. The summed E-state index contributed by atoms with van der Waals surface area (Å²) in [4.78, 5) is 41.9. The Morgan fingerprint density at radius 2 is 1.83 bits per heavy atom. The van der Waals surface area contributed by atoms with Gasteiger partial charge in [-0.1, -0.05) is 11.6 Å². The first-order valence-corrected chi connectivity index (χ1v) is 8.89. The molecule has 0 saturated heterocycles. The van der Waals surface area contributed by atoms with Gasteiger partial charge in [0.2, 0.25) is 0 Å². The summed E-state index contributed by atoms with van der Waals surface area (Å²) in [5.41, 5.74) is 0.498. The predicted molar refractivity (Wildman–Crippen MR) is 104 cm³/mol. The summed E-state index contributed by atoms with van der Waals surface area (Å²) in [6, 6.07) is 5.37. The van der Waals surface area contributed by atoms with Gasteiger partial charge in [-0.05, 0) is 44.2 Å². The molecule has 0 bridgehead atoms. The number of rotatable bonds is 5. The molecule has 1 aliphatic rings. The lowest BCUT2D eigenvalue weighted by Crippen LogP contribution is -2.29. The zero-order valence-electron chi connectivity index (χ0n) is 15.9. The third-order valence-corrected chi connectivity index (χ3v) is 4.42. The van der Waals surface area contributed by atoms with Crippen LogP contribution in [0.1, 0.15) is 51.3 Å². The van der Waals surface area contributed by atoms with E-state index in [1.165, 1.54) is 18.5 Å². The molecular weight excluding hydrogens is 374 g/mol. The van der Waals surface area contributed by atoms with Crippen LogP contribution in [0.15, 0.2) is 60.0 Å². The highest BCUT2D eigenvalue weighted by molar-refractivity contribution is 6.27. The van der Waals surface area contributed by atoms with Crippen LogP contribution >= 0.6 is 0 Å². The zero-order chi connectivity index (χ0) is 21.1. The smallest absolute Gasteiger partial charge is 0.340 e. The van der Waals surface area contributed by atoms with Crippen molar-refractivity contribution in [3.8, 4) is 11.5 Å². The lowest BCUT2D eigenvalue weighted by molar-refractivity contribution is 0.0372. The van der Waals surface area contributed by atoms with Crippen LogP contribution in [0.4, 0.5) is 0 Å². The van der Waals surface area contributed by atoms with Gasteiger partial charge < -0.3 is 14.9 Å². The van der Waals surface area contributed by atoms with Gasteiger partial charge in [-0.15, -0.1) is 0 Å². The molecule has 0 aliphatic heterocycles. The molecule has 0 unspecified atom stereocenters. The van der Waals surface area contributed by atoms with Crippen molar-refractivity contribution in [2.24, 2.45) is 0 Å². The number of pyridine rings is 1. The molecule has 0 amide bonds. The Balaban J connectivity index is 2.01. The lowest BCUT2D eigenvalue weighted by Gasteiger charge is -2.23. The molecule has 7 heteroatoms. The van der Waals surface area contributed by atoms with Crippen molar-refractivity contribution >= 4 is 17.5 Å². The highest BCUT2D eigenvalue weighted by Gasteiger charge is 2.35. The van der Waals surface area contributed by atoms with Gasteiger partial charge in [-0.3, -0.25) is 14.6 Å². The maximum absolute atomic E-state index is 13.0. The predicted octanol–water partition coefficient (Wildman–Crippen LogP) is 3.38. The number of hydrogen-bond donors (Lipinski definition) is 2. The number of allylic oxidation sites excluding steroid dienone is 2. The summed E-state index contributed by atoms with van der Waals surface area (Å²) < 4.78 is 5.52. The van der Waals surface area contributed by atoms with Gasteiger partial charge in [0.05, 0.1) is 16.7 Å². The van der Waals surface area contributed by atoms with Crippen LogP contribution in [0.3, 0.4) is 0 Å². The van der Waals surface area contributed by atoms with Crippen molar-refractivity contribution in [2.75, 3.05) is 0 Å². The van der Waals surface area contributed by atoms with Crippen LogP contribution in [0.5, 0.6) is 11.5 Å². The second-order valence-corrected chi connectivity index (χ2v) is 6.80. The van der Waals surface area contributed by atoms with Crippen LogP contribution in [-0.4, -0.2) is 38.8 Å². The van der Waals surface area contributed by atoms with Crippen molar-refractivity contribution in [3.63, 3.8) is 0 Å². The summed E-state index contributed by atoms with van der Waals surface area (Å²) in [6.07, 6.45) is 4.77. The van der Waals surface area contributed by atoms with Crippen LogP contribution in [0.25, 0.3) is 0 Å². The van der Waals surface area contributed by atoms with E-state index < -0.39 is 35.1 Å². The number of phenols is 2. The number of carbonyl (C=O) groups is 3. The summed E-state index contributed by atoms with van der Waals surface area (Å²) in [5, 5.41) is 20.1. The van der Waals surface area contributed by atoms with Crippen LogP contribution in [0.2, 0.25) is 0 Å². The van der Waals surface area contributed by atoms with E-state index in [0.717, 1.165) is 23.8 Å². The minimum atomic E-state index is -1.05. The monoisotopic (exact) mass is 393 g/mol. The lowest BCUT2D eigenvalue weighted by atomic mass is 9.85. The van der Waals surface area contributed by atoms with Gasteiger partial charge in [0, 0.05) is 24.4 Å². The molecular formula is C22H19NO6. The molecule has 0 fully saturated rings. The van der Waals surface area contributed by atoms with Gasteiger partial charge >= 0.3 is 5.97 Å². The molecule has 1 aliphatic carbocycles. The van der Waals surface area contributed by atoms with Crippen LogP contribution in [-0.2, 0) is 4.74 Å². The average molecular weight is 393 g/mol. The molecule has 1 atom stereocenters. The highest BCUT2D eigenvalue weighted by atomic mass is 16.5. The molecule has 0 spiro atoms. The first-order chi connectivity index (χ1) is 13.8. The fourth-order valence-electron chi connectivity index (χ4n) is 2.98. The minimum absolute atomic E-state index is 0.0712. The van der Waals surface area contributed by atoms with Crippen molar-refractivity contribution in [3.05, 3.63) is 76.6 Å². The second kappa shape index (κ2) is 8.10. The fraction of sp³-hybridized carbons (Fsp3) is 0.182. The Hall–Kier alpha value is -3.74. The molecule has 1 aromatic heterocycles. The maximum atomic E-state index is 13.0. The Labute approximate surface area is 167 Å². The topological polar surface area (TPSA) is 114 Å². The highest BCUT2D eigenvalue weighted by Crippen LogP contribution is 2.36. The van der Waals surface area contributed by atoms with Crippen LogP contribution < -0.4 is 0 Å². The minimum Gasteiger partial charge on any atom is -0.507 e. The number of carbonyl (C=O) groups excluding carboxylic acids is 3. The molecule has 0 radical (unpaired) electrons. The molecule has 7 nitrogen and oxygen atoms in total. The SMILES string of the molecule is CC(C)=CC[C@H](OC(=O)c1cccnc1)C1=CC(=O)c2c(O)ccc(O)c2C1=O. The van der Waals surface area contributed by atoms with Crippen molar-refractivity contribution in [2.45, 2.75) is 26.4 Å². The number of fused-ring (bicyclic) bond motifs is 1. The Bertz CT molecular complexity index is 1050. The molecule has 2 N–H and O–H groups in total. The number of hydrogen-bond acceptors (Lipinski definition) is 7. The maximum Gasteiger partial charge on any atom is 0.340 e. The van der Waals surface area contributed by atoms with E-state index in [9.17, 15) is 24.6 Å². The summed E-state index contributed by atoms with van der Waals surface area (Å²) in [6.45, 7) is 3.70. The van der Waals surface area contributed by atoms with E-state index in [1.807, 2.05) is 13.8 Å². The number of phenolic OH excluding ortho intramolecular Hbond substituents is 2. The molecule has 2 aromatic rings. The molecule has 148 valence electrons. The van der Waals surface area contributed by atoms with Gasteiger partial charge in [0.1, 0.15) is 17.6 Å². The number of esters is 1. The van der Waals surface area contributed by atoms with Crippen molar-refractivity contribution in [1.82, 2.24) is 4.98 Å². The fourth-order valence-corrected chi connectivity index (χ4v) is 2.98. The normalized spacial score (nSPS) is 13.9. The van der Waals surface area contributed by atoms with E-state index in [2.05, 4.69) is 4.98 Å². The third kappa shape index (κ3) is 4.08. The standard InChI is InChI=1S/C22H19NO6/c1-12(2)5-8-18(29-22(28)13-4-3-9-23-11-13)14-10-17(26)19-15(24)6-7-16(25)20(19)21(14)27/h3-7,9-11,18,24-25H,8H2,1-2H3/t18-/m0/s1. The Morgan fingerprint density at radius 3 is 2.45 bits per heavy atom. The molecule has 1 heterocycles.